The van der Waals surface area contributed by atoms with Crippen molar-refractivity contribution in [2.45, 2.75) is 59.7 Å². The molecule has 2 rings (SSSR count). The molecule has 0 aliphatic rings. The van der Waals surface area contributed by atoms with Gasteiger partial charge in [-0.15, -0.1) is 0 Å². The minimum atomic E-state index is -0.600. The lowest BCUT2D eigenvalue weighted by Gasteiger charge is -2.30. The summed E-state index contributed by atoms with van der Waals surface area (Å²) in [5.41, 5.74) is 3.16. The van der Waals surface area contributed by atoms with E-state index in [0.29, 0.717) is 12.3 Å². The summed E-state index contributed by atoms with van der Waals surface area (Å²) in [7, 11) is 0. The Balaban J connectivity index is 2.17. The number of carbonyl (C=O) groups is 2. The summed E-state index contributed by atoms with van der Waals surface area (Å²) in [5.74, 6) is 0.268. The maximum atomic E-state index is 13.0. The molecule has 0 heterocycles. The molecular formula is C24H32N2O3. The lowest BCUT2D eigenvalue weighted by Crippen LogP contribution is -2.50. The van der Waals surface area contributed by atoms with Gasteiger partial charge in [0, 0.05) is 12.6 Å². The highest BCUT2D eigenvalue weighted by molar-refractivity contribution is 5.88. The topological polar surface area (TPSA) is 58.6 Å². The predicted octanol–water partition coefficient (Wildman–Crippen LogP) is 4.01. The molecule has 2 atom stereocenters. The van der Waals surface area contributed by atoms with Gasteiger partial charge in [-0.3, -0.25) is 9.59 Å². The summed E-state index contributed by atoms with van der Waals surface area (Å²) in [4.78, 5) is 27.3. The zero-order valence-corrected chi connectivity index (χ0v) is 18.1. The third-order valence-electron chi connectivity index (χ3n) is 5.12. The number of amides is 2. The van der Waals surface area contributed by atoms with E-state index in [1.165, 1.54) is 0 Å². The molecule has 0 radical (unpaired) electrons. The summed E-state index contributed by atoms with van der Waals surface area (Å²) in [6.07, 6.45) is 0.834. The minimum absolute atomic E-state index is 0.0592. The quantitative estimate of drug-likeness (QED) is 0.697. The van der Waals surface area contributed by atoms with Crippen molar-refractivity contribution in [3.63, 3.8) is 0 Å². The highest BCUT2D eigenvalue weighted by Gasteiger charge is 2.27. The normalized spacial score (nSPS) is 12.7. The summed E-state index contributed by atoms with van der Waals surface area (Å²) in [6, 6.07) is 14.9. The smallest absolute Gasteiger partial charge is 0.261 e. The van der Waals surface area contributed by atoms with Gasteiger partial charge < -0.3 is 15.0 Å². The second-order valence-corrected chi connectivity index (χ2v) is 7.55. The fraction of sp³-hybridized carbons (Fsp3) is 0.417. The van der Waals surface area contributed by atoms with Crippen molar-refractivity contribution in [1.82, 2.24) is 10.2 Å². The van der Waals surface area contributed by atoms with Crippen LogP contribution in [0.5, 0.6) is 5.75 Å². The molecule has 156 valence electrons. The number of rotatable bonds is 9. The van der Waals surface area contributed by atoms with Crippen LogP contribution in [0.15, 0.2) is 48.5 Å². The van der Waals surface area contributed by atoms with Crippen LogP contribution in [0.25, 0.3) is 0 Å². The molecule has 2 aromatic carbocycles. The number of hydrogen-bond donors (Lipinski definition) is 1. The minimum Gasteiger partial charge on any atom is -0.484 e. The van der Waals surface area contributed by atoms with Gasteiger partial charge in [0.05, 0.1) is 0 Å². The predicted molar refractivity (Wildman–Crippen MR) is 116 cm³/mol. The molecule has 0 saturated heterocycles. The average molecular weight is 397 g/mol. The third-order valence-corrected chi connectivity index (χ3v) is 5.12. The van der Waals surface area contributed by atoms with Crippen molar-refractivity contribution in [3.05, 3.63) is 65.2 Å². The molecule has 29 heavy (non-hydrogen) atoms. The van der Waals surface area contributed by atoms with Gasteiger partial charge in [0.1, 0.15) is 11.8 Å². The lowest BCUT2D eigenvalue weighted by atomic mass is 10.1. The lowest BCUT2D eigenvalue weighted by molar-refractivity contribution is -0.142. The Kier molecular flexibility index (Phi) is 8.25. The van der Waals surface area contributed by atoms with Crippen LogP contribution in [0.3, 0.4) is 0 Å². The zero-order chi connectivity index (χ0) is 21.4. The van der Waals surface area contributed by atoms with Crippen molar-refractivity contribution in [3.8, 4) is 5.75 Å². The van der Waals surface area contributed by atoms with E-state index in [1.54, 1.807) is 11.8 Å². The monoisotopic (exact) mass is 396 g/mol. The van der Waals surface area contributed by atoms with E-state index in [-0.39, 0.29) is 24.5 Å². The van der Waals surface area contributed by atoms with Crippen LogP contribution in [0.4, 0.5) is 0 Å². The van der Waals surface area contributed by atoms with E-state index in [4.69, 9.17) is 4.74 Å². The molecule has 5 heteroatoms. The molecule has 1 N–H and O–H groups in total. The second-order valence-electron chi connectivity index (χ2n) is 7.55. The van der Waals surface area contributed by atoms with E-state index < -0.39 is 6.04 Å². The summed E-state index contributed by atoms with van der Waals surface area (Å²) in [5, 5.41) is 2.97. The van der Waals surface area contributed by atoms with Gasteiger partial charge in [-0.05, 0) is 62.9 Å². The molecule has 0 fully saturated rings. The molecule has 0 aliphatic carbocycles. The van der Waals surface area contributed by atoms with Crippen molar-refractivity contribution in [2.75, 3.05) is 6.61 Å². The van der Waals surface area contributed by atoms with E-state index >= 15 is 0 Å². The molecule has 0 aliphatic heterocycles. The molecular weight excluding hydrogens is 364 g/mol. The molecule has 0 spiro atoms. The highest BCUT2D eigenvalue weighted by Crippen LogP contribution is 2.16. The largest absolute Gasteiger partial charge is 0.484 e. The first-order valence-corrected chi connectivity index (χ1v) is 10.2. The number of nitrogens with zero attached hydrogens (tertiary/aromatic N) is 1. The zero-order valence-electron chi connectivity index (χ0n) is 18.1. The van der Waals surface area contributed by atoms with Crippen LogP contribution >= 0.6 is 0 Å². The van der Waals surface area contributed by atoms with E-state index in [0.717, 1.165) is 23.1 Å². The van der Waals surface area contributed by atoms with Crippen LogP contribution in [-0.4, -0.2) is 35.4 Å². The van der Waals surface area contributed by atoms with Crippen molar-refractivity contribution in [2.24, 2.45) is 0 Å². The molecule has 5 nitrogen and oxygen atoms in total. The van der Waals surface area contributed by atoms with E-state index in [9.17, 15) is 9.59 Å². The number of ether oxygens (including phenoxy) is 1. The third kappa shape index (κ3) is 6.63. The van der Waals surface area contributed by atoms with Crippen LogP contribution in [0.2, 0.25) is 0 Å². The summed E-state index contributed by atoms with van der Waals surface area (Å²) in [6.45, 7) is 9.96. The average Bonchev–Trinajstić information content (AvgIpc) is 2.70. The van der Waals surface area contributed by atoms with Crippen LogP contribution in [0, 0.1) is 13.8 Å². The molecule has 0 aromatic heterocycles. The fourth-order valence-corrected chi connectivity index (χ4v) is 2.95. The number of carbonyl (C=O) groups excluding carboxylic acids is 2. The van der Waals surface area contributed by atoms with Gasteiger partial charge in [0.2, 0.25) is 5.91 Å². The highest BCUT2D eigenvalue weighted by atomic mass is 16.5. The first-order chi connectivity index (χ1) is 13.8. The SMILES string of the molecule is CC[C@@H](C)NC(=O)[C@@H](C)N(Cc1ccccc1C)C(=O)COc1cccc(C)c1. The van der Waals surface area contributed by atoms with Crippen molar-refractivity contribution in [1.29, 1.82) is 0 Å². The Morgan fingerprint density at radius 3 is 2.45 bits per heavy atom. The van der Waals surface area contributed by atoms with Crippen molar-refractivity contribution >= 4 is 11.8 Å². The van der Waals surface area contributed by atoms with Crippen LogP contribution < -0.4 is 10.1 Å². The standard InChI is InChI=1S/C24H32N2O3/c1-6-19(4)25-24(28)20(5)26(15-21-12-8-7-11-18(21)3)23(27)16-29-22-13-9-10-17(2)14-22/h7-14,19-20H,6,15-16H2,1-5H3,(H,25,28)/t19-,20-/m1/s1. The van der Waals surface area contributed by atoms with Gasteiger partial charge in [0.15, 0.2) is 6.61 Å². The Labute approximate surface area is 174 Å². The maximum absolute atomic E-state index is 13.0. The Bertz CT molecular complexity index is 834. The Hall–Kier alpha value is -2.82. The summed E-state index contributed by atoms with van der Waals surface area (Å²) < 4.78 is 5.71. The van der Waals surface area contributed by atoms with E-state index in [2.05, 4.69) is 5.32 Å². The van der Waals surface area contributed by atoms with Crippen molar-refractivity contribution < 1.29 is 14.3 Å². The van der Waals surface area contributed by atoms with E-state index in [1.807, 2.05) is 76.2 Å². The van der Waals surface area contributed by atoms with Crippen LogP contribution in [-0.2, 0) is 16.1 Å². The first-order valence-electron chi connectivity index (χ1n) is 10.2. The molecule has 0 unspecified atom stereocenters. The molecule has 0 bridgehead atoms. The first kappa shape index (κ1) is 22.5. The second kappa shape index (κ2) is 10.6. The molecule has 2 amide bonds. The van der Waals surface area contributed by atoms with Gasteiger partial charge in [-0.25, -0.2) is 0 Å². The van der Waals surface area contributed by atoms with Gasteiger partial charge in [-0.1, -0.05) is 43.3 Å². The van der Waals surface area contributed by atoms with Crippen LogP contribution in [0.1, 0.15) is 43.9 Å². The molecule has 2 aromatic rings. The summed E-state index contributed by atoms with van der Waals surface area (Å²) >= 11 is 0. The van der Waals surface area contributed by atoms with Gasteiger partial charge in [0.25, 0.3) is 5.91 Å². The Morgan fingerprint density at radius 2 is 1.79 bits per heavy atom. The van der Waals surface area contributed by atoms with Gasteiger partial charge >= 0.3 is 0 Å². The van der Waals surface area contributed by atoms with Gasteiger partial charge in [-0.2, -0.15) is 0 Å². The maximum Gasteiger partial charge on any atom is 0.261 e. The number of hydrogen-bond acceptors (Lipinski definition) is 3. The fourth-order valence-electron chi connectivity index (χ4n) is 2.95. The number of nitrogens with one attached hydrogen (secondary N) is 1. The Morgan fingerprint density at radius 1 is 1.07 bits per heavy atom. The number of benzene rings is 2. The number of aryl methyl sites for hydroxylation is 2. The molecule has 0 saturated carbocycles.